The van der Waals surface area contributed by atoms with Crippen molar-refractivity contribution in [3.8, 4) is 5.75 Å². The van der Waals surface area contributed by atoms with Crippen LogP contribution in [0.5, 0.6) is 5.75 Å². The van der Waals surface area contributed by atoms with Crippen molar-refractivity contribution in [2.45, 2.75) is 45.6 Å². The van der Waals surface area contributed by atoms with Gasteiger partial charge >= 0.3 is 0 Å². The van der Waals surface area contributed by atoms with Gasteiger partial charge in [-0.3, -0.25) is 11.3 Å². The molecule has 4 heteroatoms. The number of benzene rings is 1. The molecule has 2 atom stereocenters. The lowest BCUT2D eigenvalue weighted by Gasteiger charge is -2.43. The maximum atomic E-state index is 13.6. The van der Waals surface area contributed by atoms with E-state index >= 15 is 0 Å². The number of rotatable bonds is 4. The summed E-state index contributed by atoms with van der Waals surface area (Å²) >= 11 is 0. The van der Waals surface area contributed by atoms with Crippen LogP contribution in [0.3, 0.4) is 0 Å². The number of ether oxygens (including phenoxy) is 1. The fourth-order valence-corrected chi connectivity index (χ4v) is 3.51. The van der Waals surface area contributed by atoms with E-state index in [1.54, 1.807) is 13.2 Å². The van der Waals surface area contributed by atoms with Crippen molar-refractivity contribution in [2.75, 3.05) is 7.11 Å². The first-order valence-electron chi connectivity index (χ1n) is 7.29. The van der Waals surface area contributed by atoms with E-state index in [2.05, 4.69) is 19.3 Å². The van der Waals surface area contributed by atoms with Gasteiger partial charge in [0.15, 0.2) is 0 Å². The Bertz CT molecular complexity index is 462. The van der Waals surface area contributed by atoms with Crippen LogP contribution in [0.15, 0.2) is 18.2 Å². The monoisotopic (exact) mass is 280 g/mol. The molecule has 0 bridgehead atoms. The SMILES string of the molecule is COc1ccc(F)cc1C(NN)C1CCCCC1(C)C. The van der Waals surface area contributed by atoms with Gasteiger partial charge in [0.2, 0.25) is 0 Å². The zero-order valence-corrected chi connectivity index (χ0v) is 12.6. The minimum Gasteiger partial charge on any atom is -0.496 e. The molecule has 2 unspecified atom stereocenters. The van der Waals surface area contributed by atoms with Crippen molar-refractivity contribution in [1.82, 2.24) is 5.43 Å². The first kappa shape index (κ1) is 15.3. The van der Waals surface area contributed by atoms with E-state index in [0.717, 1.165) is 12.0 Å². The first-order valence-corrected chi connectivity index (χ1v) is 7.29. The van der Waals surface area contributed by atoms with Crippen LogP contribution in [0.2, 0.25) is 0 Å². The zero-order valence-electron chi connectivity index (χ0n) is 12.6. The summed E-state index contributed by atoms with van der Waals surface area (Å²) in [6, 6.07) is 4.54. The lowest BCUT2D eigenvalue weighted by atomic mass is 9.65. The summed E-state index contributed by atoms with van der Waals surface area (Å²) in [7, 11) is 1.61. The molecule has 2 rings (SSSR count). The van der Waals surface area contributed by atoms with Crippen LogP contribution in [-0.4, -0.2) is 7.11 Å². The van der Waals surface area contributed by atoms with Crippen molar-refractivity contribution in [1.29, 1.82) is 0 Å². The minimum absolute atomic E-state index is 0.0871. The third-order valence-corrected chi connectivity index (χ3v) is 4.70. The maximum absolute atomic E-state index is 13.6. The molecule has 0 saturated heterocycles. The Balaban J connectivity index is 2.39. The molecule has 0 spiro atoms. The average Bonchev–Trinajstić information content (AvgIpc) is 2.41. The molecule has 112 valence electrons. The fourth-order valence-electron chi connectivity index (χ4n) is 3.51. The van der Waals surface area contributed by atoms with Gasteiger partial charge in [0.25, 0.3) is 0 Å². The second-order valence-corrected chi connectivity index (χ2v) is 6.37. The fraction of sp³-hybridized carbons (Fsp3) is 0.625. The Kier molecular flexibility index (Phi) is 4.66. The standard InChI is InChI=1S/C16H25FN2O/c1-16(2)9-5-4-6-13(16)15(19-18)12-10-11(17)7-8-14(12)20-3/h7-8,10,13,15,19H,4-6,9,18H2,1-3H3. The van der Waals surface area contributed by atoms with Crippen molar-refractivity contribution >= 4 is 0 Å². The highest BCUT2D eigenvalue weighted by Gasteiger charge is 2.38. The van der Waals surface area contributed by atoms with Gasteiger partial charge in [-0.2, -0.15) is 0 Å². The van der Waals surface area contributed by atoms with Crippen molar-refractivity contribution in [2.24, 2.45) is 17.2 Å². The van der Waals surface area contributed by atoms with Crippen LogP contribution in [0, 0.1) is 17.2 Å². The molecular weight excluding hydrogens is 255 g/mol. The van der Waals surface area contributed by atoms with E-state index in [4.69, 9.17) is 10.6 Å². The Hall–Kier alpha value is -1.13. The highest BCUT2D eigenvalue weighted by atomic mass is 19.1. The number of hydrogen-bond donors (Lipinski definition) is 2. The van der Waals surface area contributed by atoms with Gasteiger partial charge in [-0.15, -0.1) is 0 Å². The predicted molar refractivity (Wildman–Crippen MR) is 78.8 cm³/mol. The quantitative estimate of drug-likeness (QED) is 0.655. The summed E-state index contributed by atoms with van der Waals surface area (Å²) in [4.78, 5) is 0. The number of nitrogens with one attached hydrogen (secondary N) is 1. The molecule has 0 aliphatic heterocycles. The summed E-state index contributed by atoms with van der Waals surface area (Å²) in [5, 5.41) is 0. The Morgan fingerprint density at radius 3 is 2.75 bits per heavy atom. The van der Waals surface area contributed by atoms with Gasteiger partial charge in [0.1, 0.15) is 11.6 Å². The molecule has 3 nitrogen and oxygen atoms in total. The molecule has 1 aliphatic carbocycles. The molecule has 1 fully saturated rings. The number of hydrogen-bond acceptors (Lipinski definition) is 3. The number of methoxy groups -OCH3 is 1. The Labute approximate surface area is 120 Å². The van der Waals surface area contributed by atoms with Crippen LogP contribution in [0.1, 0.15) is 51.1 Å². The predicted octanol–water partition coefficient (Wildman–Crippen LogP) is 3.56. The van der Waals surface area contributed by atoms with E-state index in [0.29, 0.717) is 11.7 Å². The number of nitrogens with two attached hydrogens (primary N) is 1. The van der Waals surface area contributed by atoms with Crippen LogP contribution in [-0.2, 0) is 0 Å². The van der Waals surface area contributed by atoms with E-state index in [1.165, 1.54) is 31.4 Å². The topological polar surface area (TPSA) is 47.3 Å². The van der Waals surface area contributed by atoms with Crippen molar-refractivity contribution < 1.29 is 9.13 Å². The molecule has 1 aromatic rings. The largest absolute Gasteiger partial charge is 0.496 e. The van der Waals surface area contributed by atoms with Crippen LogP contribution in [0.4, 0.5) is 4.39 Å². The summed E-state index contributed by atoms with van der Waals surface area (Å²) in [5.41, 5.74) is 3.90. The second kappa shape index (κ2) is 6.10. The zero-order chi connectivity index (χ0) is 14.8. The van der Waals surface area contributed by atoms with E-state index in [-0.39, 0.29) is 17.3 Å². The molecule has 3 N–H and O–H groups in total. The lowest BCUT2D eigenvalue weighted by Crippen LogP contribution is -2.41. The Morgan fingerprint density at radius 2 is 2.15 bits per heavy atom. The molecule has 0 heterocycles. The molecule has 1 aromatic carbocycles. The second-order valence-electron chi connectivity index (χ2n) is 6.37. The first-order chi connectivity index (χ1) is 9.49. The van der Waals surface area contributed by atoms with E-state index in [1.807, 2.05) is 0 Å². The molecule has 0 amide bonds. The molecule has 1 saturated carbocycles. The Morgan fingerprint density at radius 1 is 1.40 bits per heavy atom. The third kappa shape index (κ3) is 2.96. The van der Waals surface area contributed by atoms with Crippen molar-refractivity contribution in [3.63, 3.8) is 0 Å². The summed E-state index contributed by atoms with van der Waals surface area (Å²) < 4.78 is 19.0. The maximum Gasteiger partial charge on any atom is 0.123 e. The van der Waals surface area contributed by atoms with Crippen molar-refractivity contribution in [3.05, 3.63) is 29.6 Å². The minimum atomic E-state index is -0.255. The third-order valence-electron chi connectivity index (χ3n) is 4.70. The van der Waals surface area contributed by atoms with Gasteiger partial charge in [0, 0.05) is 5.56 Å². The molecule has 0 aromatic heterocycles. The summed E-state index contributed by atoms with van der Waals surface area (Å²) in [5.74, 6) is 6.61. The molecule has 0 radical (unpaired) electrons. The van der Waals surface area contributed by atoms with Crippen LogP contribution >= 0.6 is 0 Å². The van der Waals surface area contributed by atoms with Crippen LogP contribution in [0.25, 0.3) is 0 Å². The highest BCUT2D eigenvalue weighted by molar-refractivity contribution is 5.37. The number of halogens is 1. The summed E-state index contributed by atoms with van der Waals surface area (Å²) in [6.07, 6.45) is 4.72. The van der Waals surface area contributed by atoms with Gasteiger partial charge < -0.3 is 4.74 Å². The molecule has 20 heavy (non-hydrogen) atoms. The average molecular weight is 280 g/mol. The van der Waals surface area contributed by atoms with Gasteiger partial charge in [-0.1, -0.05) is 26.7 Å². The highest BCUT2D eigenvalue weighted by Crippen LogP contribution is 2.47. The van der Waals surface area contributed by atoms with Gasteiger partial charge in [-0.25, -0.2) is 4.39 Å². The molecule has 1 aliphatic rings. The molecular formula is C16H25FN2O. The summed E-state index contributed by atoms with van der Waals surface area (Å²) in [6.45, 7) is 4.54. The lowest BCUT2D eigenvalue weighted by molar-refractivity contribution is 0.0970. The van der Waals surface area contributed by atoms with E-state index in [9.17, 15) is 4.39 Å². The smallest absolute Gasteiger partial charge is 0.123 e. The van der Waals surface area contributed by atoms with Gasteiger partial charge in [0.05, 0.1) is 13.2 Å². The normalized spacial score (nSPS) is 23.4. The van der Waals surface area contributed by atoms with Gasteiger partial charge in [-0.05, 0) is 42.4 Å². The van der Waals surface area contributed by atoms with E-state index < -0.39 is 0 Å². The van der Waals surface area contributed by atoms with Crippen LogP contribution < -0.4 is 16.0 Å². The number of hydrazine groups is 1.